The summed E-state index contributed by atoms with van der Waals surface area (Å²) in [5, 5.41) is 0. The van der Waals surface area contributed by atoms with Crippen LogP contribution in [0.4, 0.5) is 0 Å². The van der Waals surface area contributed by atoms with Crippen LogP contribution in [-0.2, 0) is 4.74 Å². The minimum absolute atomic E-state index is 0.659. The quantitative estimate of drug-likeness (QED) is 0.669. The van der Waals surface area contributed by atoms with Crippen LogP contribution in [0.1, 0.15) is 50.7 Å². The number of hydrogen-bond acceptors (Lipinski definition) is 1. The van der Waals surface area contributed by atoms with E-state index in [0.29, 0.717) is 11.8 Å². The van der Waals surface area contributed by atoms with Gasteiger partial charge >= 0.3 is 0 Å². The van der Waals surface area contributed by atoms with Gasteiger partial charge in [-0.05, 0) is 23.0 Å². The molecule has 0 atom stereocenters. The van der Waals surface area contributed by atoms with Crippen molar-refractivity contribution >= 4 is 0 Å². The zero-order valence-electron chi connectivity index (χ0n) is 14.3. The van der Waals surface area contributed by atoms with Crippen LogP contribution in [0.15, 0.2) is 60.7 Å². The summed E-state index contributed by atoms with van der Waals surface area (Å²) < 4.78 is 4.25. The SMILES string of the molecule is CC(C)c1ccccc1.CC(C)c1ccccc1.COC. The molecule has 0 bridgehead atoms. The van der Waals surface area contributed by atoms with E-state index in [1.165, 1.54) is 11.1 Å². The topological polar surface area (TPSA) is 9.23 Å². The highest BCUT2D eigenvalue weighted by Crippen LogP contribution is 2.12. The van der Waals surface area contributed by atoms with E-state index in [0.717, 1.165) is 0 Å². The molecule has 0 aromatic heterocycles. The molecule has 2 rings (SSSR count). The van der Waals surface area contributed by atoms with Crippen LogP contribution in [0.3, 0.4) is 0 Å². The van der Waals surface area contributed by atoms with Crippen molar-refractivity contribution in [2.75, 3.05) is 14.2 Å². The van der Waals surface area contributed by atoms with Gasteiger partial charge in [-0.15, -0.1) is 0 Å². The standard InChI is InChI=1S/2C9H12.C2H6O/c2*1-8(2)9-6-4-3-5-7-9;1-3-2/h2*3-8H,1-2H3;1-2H3. The molecule has 0 aliphatic heterocycles. The van der Waals surface area contributed by atoms with Crippen molar-refractivity contribution in [2.24, 2.45) is 0 Å². The van der Waals surface area contributed by atoms with Crippen molar-refractivity contribution in [3.05, 3.63) is 71.8 Å². The van der Waals surface area contributed by atoms with Crippen LogP contribution >= 0.6 is 0 Å². The minimum Gasteiger partial charge on any atom is -0.388 e. The normalized spacial score (nSPS) is 9.52. The van der Waals surface area contributed by atoms with Gasteiger partial charge in [-0.3, -0.25) is 0 Å². The van der Waals surface area contributed by atoms with Crippen molar-refractivity contribution in [1.29, 1.82) is 0 Å². The van der Waals surface area contributed by atoms with Crippen molar-refractivity contribution < 1.29 is 4.74 Å². The first-order valence-electron chi connectivity index (χ1n) is 7.52. The summed E-state index contributed by atoms with van der Waals surface area (Å²) in [7, 11) is 3.25. The maximum atomic E-state index is 4.25. The predicted molar refractivity (Wildman–Crippen MR) is 94.0 cm³/mol. The average molecular weight is 286 g/mol. The highest BCUT2D eigenvalue weighted by Gasteiger charge is 1.94. The molecular formula is C20H30O. The zero-order chi connectivity index (χ0) is 16.1. The summed E-state index contributed by atoms with van der Waals surface area (Å²) >= 11 is 0. The summed E-state index contributed by atoms with van der Waals surface area (Å²) in [6, 6.07) is 21.0. The van der Waals surface area contributed by atoms with E-state index < -0.39 is 0 Å². The largest absolute Gasteiger partial charge is 0.388 e. The van der Waals surface area contributed by atoms with Crippen molar-refractivity contribution in [2.45, 2.75) is 39.5 Å². The molecule has 0 heterocycles. The molecule has 116 valence electrons. The zero-order valence-corrected chi connectivity index (χ0v) is 14.3. The Hall–Kier alpha value is -1.60. The Kier molecular flexibility index (Phi) is 11.2. The first-order valence-corrected chi connectivity index (χ1v) is 7.52. The molecule has 1 nitrogen and oxygen atoms in total. The second-order valence-electron chi connectivity index (χ2n) is 5.54. The molecular weight excluding hydrogens is 256 g/mol. The van der Waals surface area contributed by atoms with Gasteiger partial charge in [0.05, 0.1) is 0 Å². The van der Waals surface area contributed by atoms with Gasteiger partial charge in [0.25, 0.3) is 0 Å². The molecule has 0 aliphatic carbocycles. The van der Waals surface area contributed by atoms with Gasteiger partial charge < -0.3 is 4.74 Å². The Morgan fingerprint density at radius 3 is 0.952 bits per heavy atom. The number of hydrogen-bond donors (Lipinski definition) is 0. The molecule has 0 N–H and O–H groups in total. The van der Waals surface area contributed by atoms with E-state index in [2.05, 4.69) is 81.0 Å². The molecule has 0 amide bonds. The molecule has 0 saturated heterocycles. The van der Waals surface area contributed by atoms with E-state index in [9.17, 15) is 0 Å². The van der Waals surface area contributed by atoms with Crippen LogP contribution in [0.2, 0.25) is 0 Å². The summed E-state index contributed by atoms with van der Waals surface area (Å²) in [6.07, 6.45) is 0. The molecule has 2 aromatic carbocycles. The molecule has 0 spiro atoms. The van der Waals surface area contributed by atoms with E-state index in [-0.39, 0.29) is 0 Å². The lowest BCUT2D eigenvalue weighted by molar-refractivity contribution is 0.277. The van der Waals surface area contributed by atoms with Crippen molar-refractivity contribution in [3.63, 3.8) is 0 Å². The summed E-state index contributed by atoms with van der Waals surface area (Å²) in [6.45, 7) is 8.81. The lowest BCUT2D eigenvalue weighted by atomic mass is 10.0. The summed E-state index contributed by atoms with van der Waals surface area (Å²) in [5.41, 5.74) is 2.83. The third kappa shape index (κ3) is 9.86. The number of rotatable bonds is 2. The summed E-state index contributed by atoms with van der Waals surface area (Å²) in [5.74, 6) is 1.32. The van der Waals surface area contributed by atoms with Crippen LogP contribution in [-0.4, -0.2) is 14.2 Å². The number of ether oxygens (including phenoxy) is 1. The fraction of sp³-hybridized carbons (Fsp3) is 0.400. The third-order valence-electron chi connectivity index (χ3n) is 2.93. The second kappa shape index (κ2) is 12.2. The summed E-state index contributed by atoms with van der Waals surface area (Å²) in [4.78, 5) is 0. The fourth-order valence-corrected chi connectivity index (χ4v) is 1.68. The van der Waals surface area contributed by atoms with E-state index in [1.54, 1.807) is 14.2 Å². The Morgan fingerprint density at radius 1 is 0.571 bits per heavy atom. The molecule has 0 radical (unpaired) electrons. The van der Waals surface area contributed by atoms with Gasteiger partial charge in [0.1, 0.15) is 0 Å². The van der Waals surface area contributed by atoms with E-state index in [4.69, 9.17) is 0 Å². The first-order chi connectivity index (χ1) is 10.0. The highest BCUT2D eigenvalue weighted by molar-refractivity contribution is 5.18. The van der Waals surface area contributed by atoms with E-state index >= 15 is 0 Å². The third-order valence-corrected chi connectivity index (χ3v) is 2.93. The van der Waals surface area contributed by atoms with Crippen LogP contribution < -0.4 is 0 Å². The molecule has 0 fully saturated rings. The van der Waals surface area contributed by atoms with Crippen LogP contribution in [0.25, 0.3) is 0 Å². The maximum Gasteiger partial charge on any atom is 0.0351 e. The van der Waals surface area contributed by atoms with Gasteiger partial charge in [-0.1, -0.05) is 88.4 Å². The lowest BCUT2D eigenvalue weighted by Crippen LogP contribution is -1.83. The predicted octanol–water partition coefficient (Wildman–Crippen LogP) is 5.88. The van der Waals surface area contributed by atoms with Gasteiger partial charge in [-0.2, -0.15) is 0 Å². The van der Waals surface area contributed by atoms with Crippen molar-refractivity contribution in [3.8, 4) is 0 Å². The van der Waals surface area contributed by atoms with Gasteiger partial charge in [-0.25, -0.2) is 0 Å². The monoisotopic (exact) mass is 286 g/mol. The van der Waals surface area contributed by atoms with Gasteiger partial charge in [0.2, 0.25) is 0 Å². The van der Waals surface area contributed by atoms with Gasteiger partial charge in [0, 0.05) is 14.2 Å². The Morgan fingerprint density at radius 2 is 0.810 bits per heavy atom. The Balaban J connectivity index is 0.000000322. The number of benzene rings is 2. The Labute approximate surface area is 131 Å². The Bertz CT molecular complexity index is 388. The van der Waals surface area contributed by atoms with Gasteiger partial charge in [0.15, 0.2) is 0 Å². The maximum absolute atomic E-state index is 4.25. The first kappa shape index (κ1) is 19.4. The van der Waals surface area contributed by atoms with Crippen LogP contribution in [0.5, 0.6) is 0 Å². The lowest BCUT2D eigenvalue weighted by Gasteiger charge is -2.01. The molecule has 2 aromatic rings. The fourth-order valence-electron chi connectivity index (χ4n) is 1.68. The molecule has 0 unspecified atom stereocenters. The average Bonchev–Trinajstić information content (AvgIpc) is 2.50. The molecule has 1 heteroatoms. The minimum atomic E-state index is 0.659. The second-order valence-corrected chi connectivity index (χ2v) is 5.54. The molecule has 21 heavy (non-hydrogen) atoms. The highest BCUT2D eigenvalue weighted by atomic mass is 16.4. The number of methoxy groups -OCH3 is 1. The molecule has 0 saturated carbocycles. The molecule has 0 aliphatic rings. The van der Waals surface area contributed by atoms with E-state index in [1.807, 2.05) is 12.1 Å². The smallest absolute Gasteiger partial charge is 0.0351 e. The van der Waals surface area contributed by atoms with Crippen LogP contribution in [0, 0.1) is 0 Å². The van der Waals surface area contributed by atoms with Crippen molar-refractivity contribution in [1.82, 2.24) is 0 Å².